The summed E-state index contributed by atoms with van der Waals surface area (Å²) in [7, 11) is 0. The van der Waals surface area contributed by atoms with Crippen LogP contribution in [0.15, 0.2) is 58.4 Å². The normalized spacial score (nSPS) is 15.9. The fourth-order valence-electron chi connectivity index (χ4n) is 4.92. The second-order valence-corrected chi connectivity index (χ2v) is 10.3. The highest BCUT2D eigenvalue weighted by molar-refractivity contribution is 7.98. The summed E-state index contributed by atoms with van der Waals surface area (Å²) in [6.45, 7) is 4.59. The molecule has 0 radical (unpaired) electrons. The van der Waals surface area contributed by atoms with E-state index < -0.39 is 35.0 Å². The number of benzene rings is 2. The van der Waals surface area contributed by atoms with Crippen molar-refractivity contribution >= 4 is 17.7 Å². The van der Waals surface area contributed by atoms with E-state index in [1.807, 2.05) is 50.2 Å². The summed E-state index contributed by atoms with van der Waals surface area (Å²) in [6.07, 6.45) is -3.50. The van der Waals surface area contributed by atoms with Crippen LogP contribution in [0, 0.1) is 13.8 Å². The molecule has 0 bridgehead atoms. The molecule has 10 heteroatoms. The lowest BCUT2D eigenvalue weighted by Crippen LogP contribution is -2.49. The molecule has 2 atom stereocenters. The van der Waals surface area contributed by atoms with Crippen molar-refractivity contribution in [1.29, 1.82) is 0 Å². The Morgan fingerprint density at radius 1 is 1.19 bits per heavy atom. The smallest absolute Gasteiger partial charge is 0.408 e. The van der Waals surface area contributed by atoms with Gasteiger partial charge in [0.2, 0.25) is 5.43 Å². The van der Waals surface area contributed by atoms with Crippen LogP contribution in [0.1, 0.15) is 57.6 Å². The maximum atomic E-state index is 13.9. The van der Waals surface area contributed by atoms with E-state index in [1.165, 1.54) is 0 Å². The minimum Gasteiger partial charge on any atom is -0.502 e. The van der Waals surface area contributed by atoms with Crippen LogP contribution in [-0.4, -0.2) is 39.4 Å². The lowest BCUT2D eigenvalue weighted by atomic mass is 9.83. The molecule has 4 rings (SSSR count). The van der Waals surface area contributed by atoms with E-state index in [1.54, 1.807) is 11.8 Å². The zero-order valence-corrected chi connectivity index (χ0v) is 21.5. The number of pyridine rings is 1. The molecule has 1 aliphatic heterocycles. The molecule has 37 heavy (non-hydrogen) atoms. The van der Waals surface area contributed by atoms with E-state index in [4.69, 9.17) is 5.84 Å². The third-order valence-corrected chi connectivity index (χ3v) is 8.22. The van der Waals surface area contributed by atoms with Crippen molar-refractivity contribution in [3.05, 3.63) is 92.4 Å². The number of halogens is 3. The fourth-order valence-corrected chi connectivity index (χ4v) is 6.15. The molecule has 0 saturated carbocycles. The second kappa shape index (κ2) is 10.2. The molecule has 2 aromatic carbocycles. The van der Waals surface area contributed by atoms with E-state index in [2.05, 4.69) is 0 Å². The molecule has 1 aliphatic rings. The Hall–Kier alpha value is -3.40. The van der Waals surface area contributed by atoms with Crippen molar-refractivity contribution in [3.63, 3.8) is 0 Å². The summed E-state index contributed by atoms with van der Waals surface area (Å²) in [5.41, 5.74) is 3.66. The topological polar surface area (TPSA) is 88.6 Å². The molecule has 3 N–H and O–H groups in total. The first-order valence-electron chi connectivity index (χ1n) is 11.8. The van der Waals surface area contributed by atoms with Gasteiger partial charge in [0.1, 0.15) is 6.04 Å². The lowest BCUT2D eigenvalue weighted by molar-refractivity contribution is -0.172. The average Bonchev–Trinajstić information content (AvgIpc) is 3.00. The summed E-state index contributed by atoms with van der Waals surface area (Å²) < 4.78 is 42.4. The molecular weight excluding hydrogens is 503 g/mol. The van der Waals surface area contributed by atoms with Crippen LogP contribution in [0.5, 0.6) is 5.75 Å². The Labute approximate surface area is 216 Å². The van der Waals surface area contributed by atoms with Crippen LogP contribution in [0.3, 0.4) is 0 Å². The summed E-state index contributed by atoms with van der Waals surface area (Å²) in [5, 5.41) is 10.2. The average molecular weight is 532 g/mol. The van der Waals surface area contributed by atoms with Crippen LogP contribution in [0.2, 0.25) is 0 Å². The number of carbonyl (C=O) groups is 1. The van der Waals surface area contributed by atoms with Gasteiger partial charge in [-0.1, -0.05) is 36.4 Å². The van der Waals surface area contributed by atoms with E-state index in [-0.39, 0.29) is 18.9 Å². The summed E-state index contributed by atoms with van der Waals surface area (Å²) in [6, 6.07) is 10.7. The van der Waals surface area contributed by atoms with Gasteiger partial charge in [0, 0.05) is 35.4 Å². The summed E-state index contributed by atoms with van der Waals surface area (Å²) in [4.78, 5) is 27.1. The molecule has 0 spiro atoms. The van der Waals surface area contributed by atoms with Gasteiger partial charge in [-0.15, -0.1) is 11.8 Å². The number of nitrogens with two attached hydrogens (primary N) is 1. The van der Waals surface area contributed by atoms with Crippen LogP contribution in [0.25, 0.3) is 0 Å². The second-order valence-electron chi connectivity index (χ2n) is 9.27. The zero-order valence-electron chi connectivity index (χ0n) is 20.7. The number of aromatic nitrogens is 1. The zero-order chi connectivity index (χ0) is 27.1. The maximum absolute atomic E-state index is 13.9. The van der Waals surface area contributed by atoms with Gasteiger partial charge in [-0.2, -0.15) is 13.2 Å². The van der Waals surface area contributed by atoms with Crippen molar-refractivity contribution in [2.45, 2.75) is 56.0 Å². The highest BCUT2D eigenvalue weighted by atomic mass is 32.2. The number of amides is 1. The molecule has 3 aromatic rings. The van der Waals surface area contributed by atoms with Gasteiger partial charge >= 0.3 is 6.18 Å². The van der Waals surface area contributed by atoms with Gasteiger partial charge in [0.05, 0.1) is 0 Å². The number of alkyl halides is 3. The number of fused-ring (bicyclic) bond motifs is 2. The fraction of sp³-hybridized carbons (Fsp3) is 0.333. The van der Waals surface area contributed by atoms with Crippen molar-refractivity contribution in [1.82, 2.24) is 9.58 Å². The van der Waals surface area contributed by atoms with Gasteiger partial charge in [-0.3, -0.25) is 14.3 Å². The third kappa shape index (κ3) is 5.07. The number of nitrogen functional groups attached to an aromatic ring is 1. The first-order valence-corrected chi connectivity index (χ1v) is 12.8. The Balaban J connectivity index is 1.79. The highest BCUT2D eigenvalue weighted by Gasteiger charge is 2.43. The first kappa shape index (κ1) is 26.7. The first-order chi connectivity index (χ1) is 17.4. The Morgan fingerprint density at radius 3 is 2.57 bits per heavy atom. The predicted molar refractivity (Wildman–Crippen MR) is 137 cm³/mol. The van der Waals surface area contributed by atoms with Gasteiger partial charge < -0.3 is 15.8 Å². The van der Waals surface area contributed by atoms with Crippen molar-refractivity contribution in [2.24, 2.45) is 0 Å². The molecule has 2 heterocycles. The van der Waals surface area contributed by atoms with Crippen LogP contribution < -0.4 is 11.3 Å². The molecule has 0 fully saturated rings. The Kier molecular flexibility index (Phi) is 7.32. The van der Waals surface area contributed by atoms with E-state index >= 15 is 0 Å². The van der Waals surface area contributed by atoms with Gasteiger partial charge in [-0.05, 0) is 55.0 Å². The standard InChI is InChI=1S/C27H28F3N3O3S/c1-15-6-4-8-18-14-37-25-16(2)7-5-9-20(25)19(22(15)18)10-12-32(17(3)27(28,29)30)26(36)23-24(35)21(34)11-13-33(23)31/h4-9,11,13,17,19,35H,10,12,14,31H2,1-3H3/t17-,19-/m1/s1. The monoisotopic (exact) mass is 531 g/mol. The number of carbonyl (C=O) groups excluding carboxylic acids is 1. The van der Waals surface area contributed by atoms with Gasteiger partial charge in [-0.25, -0.2) is 0 Å². The number of aryl methyl sites for hydroxylation is 2. The summed E-state index contributed by atoms with van der Waals surface area (Å²) in [5.74, 6) is 4.06. The molecule has 0 unspecified atom stereocenters. The van der Waals surface area contributed by atoms with Crippen molar-refractivity contribution in [2.75, 3.05) is 12.4 Å². The van der Waals surface area contributed by atoms with Gasteiger partial charge in [0.25, 0.3) is 5.91 Å². The number of nitrogens with zero attached hydrogens (tertiary/aromatic N) is 2. The maximum Gasteiger partial charge on any atom is 0.408 e. The number of thioether (sulfide) groups is 1. The number of hydrogen-bond donors (Lipinski definition) is 2. The Morgan fingerprint density at radius 2 is 1.86 bits per heavy atom. The number of rotatable bonds is 5. The van der Waals surface area contributed by atoms with Crippen LogP contribution in [-0.2, 0) is 5.75 Å². The molecule has 0 aliphatic carbocycles. The third-order valence-electron chi connectivity index (χ3n) is 6.92. The number of hydrogen-bond acceptors (Lipinski definition) is 5. The van der Waals surface area contributed by atoms with E-state index in [9.17, 15) is 27.9 Å². The van der Waals surface area contributed by atoms with Crippen molar-refractivity contribution in [3.8, 4) is 5.75 Å². The summed E-state index contributed by atoms with van der Waals surface area (Å²) >= 11 is 1.70. The number of aromatic hydroxyl groups is 1. The lowest BCUT2D eigenvalue weighted by Gasteiger charge is -2.33. The molecule has 1 amide bonds. The Bertz CT molecular complexity index is 1400. The molecule has 0 saturated heterocycles. The minimum absolute atomic E-state index is 0.198. The minimum atomic E-state index is -4.73. The van der Waals surface area contributed by atoms with Gasteiger partial charge in [0.15, 0.2) is 11.4 Å². The van der Waals surface area contributed by atoms with Crippen LogP contribution >= 0.6 is 11.8 Å². The van der Waals surface area contributed by atoms with E-state index in [0.29, 0.717) is 9.58 Å². The largest absolute Gasteiger partial charge is 0.502 e. The molecular formula is C27H28F3N3O3S. The molecule has 6 nitrogen and oxygen atoms in total. The van der Waals surface area contributed by atoms with E-state index in [0.717, 1.165) is 57.7 Å². The van der Waals surface area contributed by atoms with Crippen LogP contribution in [0.4, 0.5) is 13.2 Å². The highest BCUT2D eigenvalue weighted by Crippen LogP contribution is 2.45. The predicted octanol–water partition coefficient (Wildman–Crippen LogP) is 5.11. The molecule has 196 valence electrons. The SMILES string of the molecule is Cc1cccc2c1SCc1cccc(C)c1[C@@H]2CCN(C(=O)c1c(O)c(=O)ccn1N)[C@H](C)C(F)(F)F. The van der Waals surface area contributed by atoms with Crippen molar-refractivity contribution < 1.29 is 23.1 Å². The molecule has 1 aromatic heterocycles. The quantitative estimate of drug-likeness (QED) is 0.447.